The van der Waals surface area contributed by atoms with Crippen LogP contribution in [-0.4, -0.2) is 42.8 Å². The van der Waals surface area contributed by atoms with Crippen molar-refractivity contribution >= 4 is 11.6 Å². The Morgan fingerprint density at radius 3 is 3.15 bits per heavy atom. The summed E-state index contributed by atoms with van der Waals surface area (Å²) in [6, 6.07) is 5.33. The summed E-state index contributed by atoms with van der Waals surface area (Å²) in [5, 5.41) is 0.149. The Bertz CT molecular complexity index is 485. The second-order valence-corrected chi connectivity index (χ2v) is 6.19. The van der Waals surface area contributed by atoms with E-state index < -0.39 is 0 Å². The molecule has 2 fully saturated rings. The molecule has 2 saturated heterocycles. The number of rotatable bonds is 3. The molecule has 0 saturated carbocycles. The van der Waals surface area contributed by atoms with Crippen molar-refractivity contribution in [1.82, 2.24) is 4.90 Å². The van der Waals surface area contributed by atoms with Gasteiger partial charge in [-0.15, -0.1) is 0 Å². The number of morpholine rings is 1. The highest BCUT2D eigenvalue weighted by Gasteiger charge is 2.34. The van der Waals surface area contributed by atoms with E-state index in [1.165, 1.54) is 18.9 Å². The van der Waals surface area contributed by atoms with E-state index in [1.54, 1.807) is 6.07 Å². The van der Waals surface area contributed by atoms with Crippen LogP contribution in [-0.2, 0) is 11.2 Å². The number of fused-ring (bicyclic) bond motifs is 1. The van der Waals surface area contributed by atoms with E-state index in [9.17, 15) is 4.39 Å². The van der Waals surface area contributed by atoms with Gasteiger partial charge in [-0.3, -0.25) is 4.90 Å². The summed E-state index contributed by atoms with van der Waals surface area (Å²) >= 11 is 5.69. The Kier molecular flexibility index (Phi) is 4.26. The number of ether oxygens (including phenoxy) is 1. The zero-order chi connectivity index (χ0) is 14.1. The van der Waals surface area contributed by atoms with E-state index >= 15 is 0 Å². The molecule has 0 aromatic heterocycles. The number of hydrogen-bond acceptors (Lipinski definition) is 3. The third-order valence-corrected chi connectivity index (χ3v) is 4.66. The first-order valence-corrected chi connectivity index (χ1v) is 7.56. The maximum atomic E-state index is 13.4. The van der Waals surface area contributed by atoms with Gasteiger partial charge in [0.05, 0.1) is 17.7 Å². The maximum absolute atomic E-state index is 13.4. The molecular formula is C15H20ClFN2O. The summed E-state index contributed by atoms with van der Waals surface area (Å²) in [5.74, 6) is -0.388. The quantitative estimate of drug-likeness (QED) is 0.930. The predicted molar refractivity (Wildman–Crippen MR) is 77.4 cm³/mol. The molecule has 0 aliphatic carbocycles. The van der Waals surface area contributed by atoms with Crippen molar-refractivity contribution in [3.8, 4) is 0 Å². The van der Waals surface area contributed by atoms with Crippen LogP contribution in [0.15, 0.2) is 18.2 Å². The summed E-state index contributed by atoms with van der Waals surface area (Å²) in [7, 11) is 0. The molecule has 2 N–H and O–H groups in total. The summed E-state index contributed by atoms with van der Waals surface area (Å²) < 4.78 is 19.3. The molecule has 2 aliphatic heterocycles. The lowest BCUT2D eigenvalue weighted by molar-refractivity contribution is -0.0589. The van der Waals surface area contributed by atoms with Crippen molar-refractivity contribution < 1.29 is 9.13 Å². The second kappa shape index (κ2) is 5.98. The summed E-state index contributed by atoms with van der Waals surface area (Å²) in [4.78, 5) is 2.47. The maximum Gasteiger partial charge on any atom is 0.142 e. The van der Waals surface area contributed by atoms with Gasteiger partial charge in [0.25, 0.3) is 0 Å². The van der Waals surface area contributed by atoms with E-state index in [2.05, 4.69) is 4.90 Å². The van der Waals surface area contributed by atoms with Gasteiger partial charge in [-0.25, -0.2) is 4.39 Å². The van der Waals surface area contributed by atoms with Crippen LogP contribution in [0.25, 0.3) is 0 Å². The molecule has 0 radical (unpaired) electrons. The third-order valence-electron chi connectivity index (χ3n) is 4.35. The SMILES string of the molecule is NC(Cc1ccc(Cl)c(F)c1)C1CN2CCCC2CO1. The van der Waals surface area contributed by atoms with E-state index in [-0.39, 0.29) is 23.0 Å². The van der Waals surface area contributed by atoms with Crippen molar-refractivity contribution in [2.45, 2.75) is 37.5 Å². The van der Waals surface area contributed by atoms with E-state index in [0.717, 1.165) is 25.3 Å². The highest BCUT2D eigenvalue weighted by Crippen LogP contribution is 2.24. The molecule has 3 unspecified atom stereocenters. The first-order valence-electron chi connectivity index (χ1n) is 7.18. The molecule has 3 rings (SSSR count). The van der Waals surface area contributed by atoms with Crippen molar-refractivity contribution in [3.63, 3.8) is 0 Å². The van der Waals surface area contributed by atoms with Crippen molar-refractivity contribution in [1.29, 1.82) is 0 Å². The lowest BCUT2D eigenvalue weighted by Crippen LogP contribution is -2.53. The lowest BCUT2D eigenvalue weighted by atomic mass is 10.00. The summed E-state index contributed by atoms with van der Waals surface area (Å²) in [6.45, 7) is 2.81. The van der Waals surface area contributed by atoms with E-state index in [1.807, 2.05) is 6.07 Å². The standard InChI is InChI=1S/C15H20ClFN2O/c16-12-4-3-10(6-13(12)17)7-14(18)15-8-19-5-1-2-11(19)9-20-15/h3-4,6,11,14-15H,1-2,5,7-9,18H2. The molecule has 2 aliphatic rings. The zero-order valence-electron chi connectivity index (χ0n) is 11.4. The summed E-state index contributed by atoms with van der Waals surface area (Å²) in [5.41, 5.74) is 7.11. The minimum Gasteiger partial charge on any atom is -0.374 e. The molecule has 20 heavy (non-hydrogen) atoms. The topological polar surface area (TPSA) is 38.5 Å². The first kappa shape index (κ1) is 14.3. The molecule has 3 atom stereocenters. The van der Waals surface area contributed by atoms with Gasteiger partial charge >= 0.3 is 0 Å². The van der Waals surface area contributed by atoms with Crippen LogP contribution in [0, 0.1) is 5.82 Å². The molecule has 0 bridgehead atoms. The van der Waals surface area contributed by atoms with Crippen LogP contribution in [0.1, 0.15) is 18.4 Å². The Labute approximate surface area is 123 Å². The smallest absolute Gasteiger partial charge is 0.142 e. The van der Waals surface area contributed by atoms with Gasteiger partial charge in [0.1, 0.15) is 5.82 Å². The van der Waals surface area contributed by atoms with Gasteiger partial charge in [-0.05, 0) is 43.5 Å². The zero-order valence-corrected chi connectivity index (χ0v) is 12.2. The molecule has 2 heterocycles. The highest BCUT2D eigenvalue weighted by atomic mass is 35.5. The van der Waals surface area contributed by atoms with Gasteiger partial charge < -0.3 is 10.5 Å². The van der Waals surface area contributed by atoms with E-state index in [0.29, 0.717) is 12.5 Å². The molecular weight excluding hydrogens is 279 g/mol. The van der Waals surface area contributed by atoms with Gasteiger partial charge in [0.2, 0.25) is 0 Å². The Balaban J connectivity index is 1.61. The largest absolute Gasteiger partial charge is 0.374 e. The average Bonchev–Trinajstić information content (AvgIpc) is 2.90. The highest BCUT2D eigenvalue weighted by molar-refractivity contribution is 6.30. The molecule has 3 nitrogen and oxygen atoms in total. The average molecular weight is 299 g/mol. The fourth-order valence-electron chi connectivity index (χ4n) is 3.17. The third kappa shape index (κ3) is 2.98. The van der Waals surface area contributed by atoms with E-state index in [4.69, 9.17) is 22.1 Å². The number of halogens is 2. The normalized spacial score (nSPS) is 28.4. The monoisotopic (exact) mass is 298 g/mol. The molecule has 1 aromatic rings. The van der Waals surface area contributed by atoms with Gasteiger partial charge in [-0.1, -0.05) is 17.7 Å². The number of nitrogens with two attached hydrogens (primary N) is 1. The molecule has 0 spiro atoms. The van der Waals surface area contributed by atoms with Crippen molar-refractivity contribution in [2.24, 2.45) is 5.73 Å². The van der Waals surface area contributed by atoms with Crippen LogP contribution in [0.2, 0.25) is 5.02 Å². The van der Waals surface area contributed by atoms with Crippen molar-refractivity contribution in [3.05, 3.63) is 34.6 Å². The Hall–Kier alpha value is -0.680. The van der Waals surface area contributed by atoms with Crippen LogP contribution in [0.3, 0.4) is 0 Å². The second-order valence-electron chi connectivity index (χ2n) is 5.78. The summed E-state index contributed by atoms with van der Waals surface area (Å²) in [6.07, 6.45) is 3.11. The molecule has 5 heteroatoms. The fraction of sp³-hybridized carbons (Fsp3) is 0.600. The van der Waals surface area contributed by atoms with Crippen LogP contribution in [0.4, 0.5) is 4.39 Å². The predicted octanol–water partition coefficient (Wildman–Crippen LogP) is 2.21. The van der Waals surface area contributed by atoms with Crippen LogP contribution < -0.4 is 5.73 Å². The number of benzene rings is 1. The Morgan fingerprint density at radius 2 is 2.35 bits per heavy atom. The van der Waals surface area contributed by atoms with Gasteiger partial charge in [-0.2, -0.15) is 0 Å². The minimum atomic E-state index is -0.388. The van der Waals surface area contributed by atoms with Crippen LogP contribution >= 0.6 is 11.6 Å². The number of hydrogen-bond donors (Lipinski definition) is 1. The molecule has 110 valence electrons. The molecule has 0 amide bonds. The molecule has 1 aromatic carbocycles. The Morgan fingerprint density at radius 1 is 1.50 bits per heavy atom. The first-order chi connectivity index (χ1) is 9.63. The van der Waals surface area contributed by atoms with Crippen LogP contribution in [0.5, 0.6) is 0 Å². The minimum absolute atomic E-state index is 0.0306. The van der Waals surface area contributed by atoms with Gasteiger partial charge in [0, 0.05) is 18.6 Å². The fourth-order valence-corrected chi connectivity index (χ4v) is 3.29. The lowest BCUT2D eigenvalue weighted by Gasteiger charge is -2.37. The number of nitrogens with zero attached hydrogens (tertiary/aromatic N) is 1. The van der Waals surface area contributed by atoms with Crippen molar-refractivity contribution in [2.75, 3.05) is 19.7 Å². The van der Waals surface area contributed by atoms with Gasteiger partial charge in [0.15, 0.2) is 0 Å².